The number of nitrogens with zero attached hydrogens (tertiary/aromatic N) is 2. The number of likely N-dealkylation sites (tertiary alicyclic amines) is 1. The van der Waals surface area contributed by atoms with E-state index in [9.17, 15) is 14.7 Å². The number of phenolic OH excluding ortho intramolecular Hbond substituents is 1. The fourth-order valence-corrected chi connectivity index (χ4v) is 3.15. The first-order chi connectivity index (χ1) is 11.5. The van der Waals surface area contributed by atoms with Crippen LogP contribution in [-0.2, 0) is 0 Å². The van der Waals surface area contributed by atoms with Crippen LogP contribution in [0.1, 0.15) is 45.0 Å². The third kappa shape index (κ3) is 3.04. The number of carbonyl (C=O) groups excluding carboxylic acids is 2. The van der Waals surface area contributed by atoms with Crippen LogP contribution in [0.3, 0.4) is 0 Å². The minimum Gasteiger partial charge on any atom is -0.508 e. The molecule has 0 unspecified atom stereocenters. The number of benzene rings is 1. The number of aromatic nitrogens is 1. The van der Waals surface area contributed by atoms with Gasteiger partial charge in [0.2, 0.25) is 0 Å². The Hall–Kier alpha value is -2.63. The van der Waals surface area contributed by atoms with Crippen LogP contribution in [-0.4, -0.2) is 39.9 Å². The molecule has 2 heterocycles. The second-order valence-corrected chi connectivity index (χ2v) is 6.18. The Bertz CT molecular complexity index is 736. The fraction of sp³-hybridized carbons (Fsp3) is 0.389. The third-order valence-corrected chi connectivity index (χ3v) is 4.55. The van der Waals surface area contributed by atoms with Crippen LogP contribution < -0.4 is 0 Å². The number of ketones is 1. The summed E-state index contributed by atoms with van der Waals surface area (Å²) in [6.45, 7) is 4.56. The van der Waals surface area contributed by atoms with Crippen LogP contribution in [0.15, 0.2) is 28.8 Å². The second kappa shape index (κ2) is 6.47. The predicted molar refractivity (Wildman–Crippen MR) is 87.0 cm³/mol. The van der Waals surface area contributed by atoms with Gasteiger partial charge in [0.25, 0.3) is 5.91 Å². The standard InChI is InChI=1S/C18H20N2O4/c1-11-16(12(2)24-19-11)18(23)20-9-7-14(8-10-20)17(22)13-3-5-15(21)6-4-13/h3-6,14,21H,7-10H2,1-2H3. The molecule has 1 aromatic carbocycles. The van der Waals surface area contributed by atoms with E-state index in [0.29, 0.717) is 48.5 Å². The molecule has 0 aliphatic carbocycles. The van der Waals surface area contributed by atoms with Gasteiger partial charge in [0.1, 0.15) is 17.1 Å². The van der Waals surface area contributed by atoms with Crippen molar-refractivity contribution in [1.82, 2.24) is 10.1 Å². The van der Waals surface area contributed by atoms with Crippen molar-refractivity contribution in [3.05, 3.63) is 46.8 Å². The zero-order valence-corrected chi connectivity index (χ0v) is 13.8. The average Bonchev–Trinajstić information content (AvgIpc) is 2.93. The summed E-state index contributed by atoms with van der Waals surface area (Å²) in [5, 5.41) is 13.1. The molecule has 0 radical (unpaired) electrons. The summed E-state index contributed by atoms with van der Waals surface area (Å²) in [6.07, 6.45) is 1.27. The van der Waals surface area contributed by atoms with E-state index in [1.165, 1.54) is 12.1 Å². The Morgan fingerprint density at radius 3 is 2.33 bits per heavy atom. The van der Waals surface area contributed by atoms with Crippen molar-refractivity contribution < 1.29 is 19.2 Å². The maximum absolute atomic E-state index is 12.6. The normalized spacial score (nSPS) is 15.5. The molecule has 1 aliphatic heterocycles. The topological polar surface area (TPSA) is 83.6 Å². The Morgan fingerprint density at radius 1 is 1.17 bits per heavy atom. The molecule has 2 aromatic rings. The number of hydrogen-bond donors (Lipinski definition) is 1. The van der Waals surface area contributed by atoms with E-state index < -0.39 is 0 Å². The molecule has 1 saturated heterocycles. The zero-order chi connectivity index (χ0) is 17.3. The van der Waals surface area contributed by atoms with E-state index in [0.717, 1.165) is 0 Å². The van der Waals surface area contributed by atoms with Crippen molar-refractivity contribution in [3.63, 3.8) is 0 Å². The van der Waals surface area contributed by atoms with E-state index >= 15 is 0 Å². The van der Waals surface area contributed by atoms with Gasteiger partial charge >= 0.3 is 0 Å². The third-order valence-electron chi connectivity index (χ3n) is 4.55. The number of phenols is 1. The summed E-state index contributed by atoms with van der Waals surface area (Å²) in [5.74, 6) is 0.565. The summed E-state index contributed by atoms with van der Waals surface area (Å²) in [4.78, 5) is 26.9. The quantitative estimate of drug-likeness (QED) is 0.876. The van der Waals surface area contributed by atoms with Crippen molar-refractivity contribution in [1.29, 1.82) is 0 Å². The SMILES string of the molecule is Cc1noc(C)c1C(=O)N1CCC(C(=O)c2ccc(O)cc2)CC1. The number of hydrogen-bond acceptors (Lipinski definition) is 5. The summed E-state index contributed by atoms with van der Waals surface area (Å²) in [5.41, 5.74) is 1.72. The van der Waals surface area contributed by atoms with E-state index in [1.54, 1.807) is 30.9 Å². The van der Waals surface area contributed by atoms with Crippen molar-refractivity contribution in [2.45, 2.75) is 26.7 Å². The summed E-state index contributed by atoms with van der Waals surface area (Å²) in [6, 6.07) is 6.31. The number of piperidine rings is 1. The Balaban J connectivity index is 1.64. The monoisotopic (exact) mass is 328 g/mol. The van der Waals surface area contributed by atoms with Gasteiger partial charge in [-0.1, -0.05) is 5.16 Å². The van der Waals surface area contributed by atoms with Crippen molar-refractivity contribution in [2.75, 3.05) is 13.1 Å². The van der Waals surface area contributed by atoms with Gasteiger partial charge in [0, 0.05) is 24.6 Å². The summed E-state index contributed by atoms with van der Waals surface area (Å²) >= 11 is 0. The average molecular weight is 328 g/mol. The fourth-order valence-electron chi connectivity index (χ4n) is 3.15. The van der Waals surface area contributed by atoms with Gasteiger partial charge in [-0.3, -0.25) is 9.59 Å². The van der Waals surface area contributed by atoms with Crippen LogP contribution in [0.5, 0.6) is 5.75 Å². The Labute approximate surface area is 140 Å². The molecular formula is C18H20N2O4. The number of aromatic hydroxyl groups is 1. The Morgan fingerprint density at radius 2 is 1.79 bits per heavy atom. The number of aryl methyl sites for hydroxylation is 2. The lowest BCUT2D eigenvalue weighted by Gasteiger charge is -2.31. The van der Waals surface area contributed by atoms with E-state index in [-0.39, 0.29) is 23.4 Å². The van der Waals surface area contributed by atoms with Crippen LogP contribution >= 0.6 is 0 Å². The largest absolute Gasteiger partial charge is 0.508 e. The first-order valence-corrected chi connectivity index (χ1v) is 8.02. The van der Waals surface area contributed by atoms with Gasteiger partial charge < -0.3 is 14.5 Å². The molecule has 0 atom stereocenters. The maximum atomic E-state index is 12.6. The van der Waals surface area contributed by atoms with Gasteiger partial charge in [-0.2, -0.15) is 0 Å². The number of Topliss-reactive ketones (excluding diaryl/α,β-unsaturated/α-hetero) is 1. The van der Waals surface area contributed by atoms with Crippen molar-refractivity contribution in [3.8, 4) is 5.75 Å². The van der Waals surface area contributed by atoms with E-state index in [4.69, 9.17) is 4.52 Å². The summed E-state index contributed by atoms with van der Waals surface area (Å²) < 4.78 is 5.06. The number of amides is 1. The number of carbonyl (C=O) groups is 2. The van der Waals surface area contributed by atoms with Crippen molar-refractivity contribution in [2.24, 2.45) is 5.92 Å². The van der Waals surface area contributed by atoms with Crippen LogP contribution in [0.25, 0.3) is 0 Å². The molecule has 1 amide bonds. The molecule has 24 heavy (non-hydrogen) atoms. The second-order valence-electron chi connectivity index (χ2n) is 6.18. The Kier molecular flexibility index (Phi) is 4.38. The molecule has 0 spiro atoms. The lowest BCUT2D eigenvalue weighted by Crippen LogP contribution is -2.40. The molecule has 0 bridgehead atoms. The molecular weight excluding hydrogens is 308 g/mol. The lowest BCUT2D eigenvalue weighted by molar-refractivity contribution is 0.0648. The van der Waals surface area contributed by atoms with Crippen molar-refractivity contribution >= 4 is 11.7 Å². The minimum atomic E-state index is -0.0942. The molecule has 1 aromatic heterocycles. The highest BCUT2D eigenvalue weighted by molar-refractivity contribution is 5.99. The van der Waals surface area contributed by atoms with E-state index in [1.807, 2.05) is 0 Å². The first kappa shape index (κ1) is 16.2. The predicted octanol–water partition coefficient (Wildman–Crippen LogP) is 2.73. The van der Waals surface area contributed by atoms with Gasteiger partial charge in [0.15, 0.2) is 5.78 Å². The highest BCUT2D eigenvalue weighted by atomic mass is 16.5. The number of rotatable bonds is 3. The van der Waals surface area contributed by atoms with Gasteiger partial charge in [0.05, 0.1) is 5.69 Å². The maximum Gasteiger partial charge on any atom is 0.259 e. The molecule has 126 valence electrons. The molecule has 3 rings (SSSR count). The highest BCUT2D eigenvalue weighted by Gasteiger charge is 2.30. The van der Waals surface area contributed by atoms with E-state index in [2.05, 4.69) is 5.16 Å². The molecule has 6 nitrogen and oxygen atoms in total. The first-order valence-electron chi connectivity index (χ1n) is 8.02. The summed E-state index contributed by atoms with van der Waals surface area (Å²) in [7, 11) is 0. The minimum absolute atomic E-state index is 0.0689. The van der Waals surface area contributed by atoms with Gasteiger partial charge in [-0.25, -0.2) is 0 Å². The lowest BCUT2D eigenvalue weighted by atomic mass is 9.88. The van der Waals surface area contributed by atoms with Crippen LogP contribution in [0.4, 0.5) is 0 Å². The van der Waals surface area contributed by atoms with Gasteiger partial charge in [-0.05, 0) is 51.0 Å². The van der Waals surface area contributed by atoms with Crippen LogP contribution in [0.2, 0.25) is 0 Å². The smallest absolute Gasteiger partial charge is 0.259 e. The molecule has 1 fully saturated rings. The zero-order valence-electron chi connectivity index (χ0n) is 13.8. The molecule has 0 saturated carbocycles. The molecule has 1 aliphatic rings. The molecule has 6 heteroatoms. The van der Waals surface area contributed by atoms with Gasteiger partial charge in [-0.15, -0.1) is 0 Å². The van der Waals surface area contributed by atoms with Crippen LogP contribution in [0, 0.1) is 19.8 Å². The molecule has 1 N–H and O–H groups in total. The highest BCUT2D eigenvalue weighted by Crippen LogP contribution is 2.25.